The Morgan fingerprint density at radius 3 is 2.19 bits per heavy atom. The predicted octanol–water partition coefficient (Wildman–Crippen LogP) is 3.21. The average Bonchev–Trinajstić information content (AvgIpc) is 2.28. The Balaban J connectivity index is 0.000000325. The van der Waals surface area contributed by atoms with Gasteiger partial charge in [-0.2, -0.15) is 0 Å². The fourth-order valence-corrected chi connectivity index (χ4v) is 1.13. The quantitative estimate of drug-likeness (QED) is 0.832. The van der Waals surface area contributed by atoms with Gasteiger partial charge in [-0.3, -0.25) is 0 Å². The Labute approximate surface area is 99.8 Å². The molecule has 0 aromatic heterocycles. The van der Waals surface area contributed by atoms with E-state index in [1.54, 1.807) is 0 Å². The predicted molar refractivity (Wildman–Crippen MR) is 70.3 cm³/mol. The molecule has 0 bridgehead atoms. The van der Waals surface area contributed by atoms with Crippen molar-refractivity contribution < 1.29 is 4.74 Å². The lowest BCUT2D eigenvalue weighted by Gasteiger charge is -1.98. The maximum absolute atomic E-state index is 5.23. The van der Waals surface area contributed by atoms with Crippen molar-refractivity contribution in [2.75, 3.05) is 13.2 Å². The molecule has 1 aromatic carbocycles. The van der Waals surface area contributed by atoms with Crippen LogP contribution in [0.4, 0.5) is 0 Å². The van der Waals surface area contributed by atoms with Crippen molar-refractivity contribution in [3.63, 3.8) is 0 Å². The highest BCUT2D eigenvalue weighted by molar-refractivity contribution is 5.13. The zero-order valence-electron chi connectivity index (χ0n) is 10.8. The van der Waals surface area contributed by atoms with E-state index in [4.69, 9.17) is 10.5 Å². The van der Waals surface area contributed by atoms with Crippen LogP contribution in [0.15, 0.2) is 30.3 Å². The lowest BCUT2D eigenvalue weighted by atomic mass is 10.1. The molecule has 0 saturated carbocycles. The zero-order valence-corrected chi connectivity index (χ0v) is 10.8. The molecule has 0 aliphatic rings. The van der Waals surface area contributed by atoms with E-state index < -0.39 is 0 Å². The molecular formula is C14H25NO. The third-order valence-electron chi connectivity index (χ3n) is 2.06. The molecule has 0 saturated heterocycles. The fraction of sp³-hybridized carbons (Fsp3) is 0.571. The lowest BCUT2D eigenvalue weighted by molar-refractivity contribution is 0.134. The second kappa shape index (κ2) is 10.7. The Kier molecular flexibility index (Phi) is 10.1. The molecule has 1 rings (SSSR count). The van der Waals surface area contributed by atoms with E-state index in [-0.39, 0.29) is 0 Å². The van der Waals surface area contributed by atoms with Gasteiger partial charge in [0.1, 0.15) is 0 Å². The molecule has 2 heteroatoms. The van der Waals surface area contributed by atoms with Crippen LogP contribution in [0, 0.1) is 5.92 Å². The van der Waals surface area contributed by atoms with Crippen molar-refractivity contribution >= 4 is 0 Å². The summed E-state index contributed by atoms with van der Waals surface area (Å²) in [6, 6.07) is 10.2. The minimum Gasteiger partial charge on any atom is -0.377 e. The van der Waals surface area contributed by atoms with Crippen molar-refractivity contribution in [1.29, 1.82) is 0 Å². The third-order valence-corrected chi connectivity index (χ3v) is 2.06. The number of benzene rings is 1. The first-order chi connectivity index (χ1) is 7.70. The molecule has 0 amide bonds. The fourth-order valence-electron chi connectivity index (χ4n) is 1.13. The van der Waals surface area contributed by atoms with Gasteiger partial charge in [-0.15, -0.1) is 0 Å². The van der Waals surface area contributed by atoms with Crippen LogP contribution < -0.4 is 5.73 Å². The lowest BCUT2D eigenvalue weighted by Crippen LogP contribution is -2.01. The Hall–Kier alpha value is -0.860. The van der Waals surface area contributed by atoms with E-state index in [1.807, 2.05) is 25.1 Å². The summed E-state index contributed by atoms with van der Waals surface area (Å²) in [5.74, 6) is 0.773. The van der Waals surface area contributed by atoms with Crippen LogP contribution in [0.1, 0.15) is 32.8 Å². The van der Waals surface area contributed by atoms with Crippen LogP contribution in [0.5, 0.6) is 0 Å². The molecule has 16 heavy (non-hydrogen) atoms. The molecule has 0 spiro atoms. The number of nitrogens with two attached hydrogens (primary N) is 1. The maximum Gasteiger partial charge on any atom is 0.0716 e. The van der Waals surface area contributed by atoms with Gasteiger partial charge in [-0.25, -0.2) is 0 Å². The summed E-state index contributed by atoms with van der Waals surface area (Å²) in [6.45, 7) is 8.70. The van der Waals surface area contributed by atoms with Crippen molar-refractivity contribution in [3.05, 3.63) is 35.9 Å². The summed E-state index contributed by atoms with van der Waals surface area (Å²) in [5.41, 5.74) is 6.47. The molecule has 0 radical (unpaired) electrons. The van der Waals surface area contributed by atoms with E-state index in [0.29, 0.717) is 0 Å². The zero-order chi connectivity index (χ0) is 12.2. The SMILES string of the molecule is CC(C)CCN.CCOCc1ccccc1. The van der Waals surface area contributed by atoms with Gasteiger partial charge in [0.2, 0.25) is 0 Å². The van der Waals surface area contributed by atoms with Gasteiger partial charge in [0.05, 0.1) is 6.61 Å². The van der Waals surface area contributed by atoms with Gasteiger partial charge < -0.3 is 10.5 Å². The van der Waals surface area contributed by atoms with E-state index >= 15 is 0 Å². The van der Waals surface area contributed by atoms with E-state index in [9.17, 15) is 0 Å². The Bertz CT molecular complexity index is 234. The molecule has 92 valence electrons. The molecule has 2 nitrogen and oxygen atoms in total. The number of hydrogen-bond donors (Lipinski definition) is 1. The van der Waals surface area contributed by atoms with Crippen molar-refractivity contribution in [3.8, 4) is 0 Å². The monoisotopic (exact) mass is 223 g/mol. The first-order valence-corrected chi connectivity index (χ1v) is 6.02. The smallest absolute Gasteiger partial charge is 0.0716 e. The summed E-state index contributed by atoms with van der Waals surface area (Å²) >= 11 is 0. The molecule has 0 atom stereocenters. The van der Waals surface area contributed by atoms with Crippen LogP contribution >= 0.6 is 0 Å². The van der Waals surface area contributed by atoms with Gasteiger partial charge in [-0.05, 0) is 31.4 Å². The average molecular weight is 223 g/mol. The molecule has 0 unspecified atom stereocenters. The topological polar surface area (TPSA) is 35.2 Å². The molecular weight excluding hydrogens is 198 g/mol. The van der Waals surface area contributed by atoms with Gasteiger partial charge in [-0.1, -0.05) is 44.2 Å². The highest BCUT2D eigenvalue weighted by atomic mass is 16.5. The van der Waals surface area contributed by atoms with Crippen LogP contribution in [-0.4, -0.2) is 13.2 Å². The van der Waals surface area contributed by atoms with Crippen LogP contribution in [0.3, 0.4) is 0 Å². The molecule has 2 N–H and O–H groups in total. The van der Waals surface area contributed by atoms with E-state index in [1.165, 1.54) is 5.56 Å². The largest absolute Gasteiger partial charge is 0.377 e. The minimum atomic E-state index is 0.733. The molecule has 0 fully saturated rings. The van der Waals surface area contributed by atoms with Gasteiger partial charge in [0.15, 0.2) is 0 Å². The molecule has 0 heterocycles. The second-order valence-corrected chi connectivity index (χ2v) is 4.09. The number of rotatable bonds is 5. The first-order valence-electron chi connectivity index (χ1n) is 6.02. The van der Waals surface area contributed by atoms with E-state index in [2.05, 4.69) is 26.0 Å². The Morgan fingerprint density at radius 2 is 1.81 bits per heavy atom. The normalized spacial score (nSPS) is 9.81. The molecule has 0 aliphatic heterocycles. The number of hydrogen-bond acceptors (Lipinski definition) is 2. The molecule has 1 aromatic rings. The minimum absolute atomic E-state index is 0.733. The molecule has 0 aliphatic carbocycles. The summed E-state index contributed by atoms with van der Waals surface area (Å²) in [7, 11) is 0. The highest BCUT2D eigenvalue weighted by Gasteiger charge is 1.87. The van der Waals surface area contributed by atoms with Crippen LogP contribution in [0.2, 0.25) is 0 Å². The van der Waals surface area contributed by atoms with E-state index in [0.717, 1.165) is 32.1 Å². The number of ether oxygens (including phenoxy) is 1. The van der Waals surface area contributed by atoms with Gasteiger partial charge in [0.25, 0.3) is 0 Å². The van der Waals surface area contributed by atoms with Crippen LogP contribution in [0.25, 0.3) is 0 Å². The van der Waals surface area contributed by atoms with Crippen molar-refractivity contribution in [2.45, 2.75) is 33.8 Å². The summed E-state index contributed by atoms with van der Waals surface area (Å²) in [5, 5.41) is 0. The highest BCUT2D eigenvalue weighted by Crippen LogP contribution is 1.99. The van der Waals surface area contributed by atoms with Crippen LogP contribution in [-0.2, 0) is 11.3 Å². The van der Waals surface area contributed by atoms with Gasteiger partial charge >= 0.3 is 0 Å². The van der Waals surface area contributed by atoms with Gasteiger partial charge in [0, 0.05) is 6.61 Å². The van der Waals surface area contributed by atoms with Crippen molar-refractivity contribution in [2.24, 2.45) is 11.7 Å². The van der Waals surface area contributed by atoms with Crippen molar-refractivity contribution in [1.82, 2.24) is 0 Å². The third kappa shape index (κ3) is 9.69. The Morgan fingerprint density at radius 1 is 1.19 bits per heavy atom. The second-order valence-electron chi connectivity index (χ2n) is 4.09. The standard InChI is InChI=1S/C9H12O.C5H13N/c1-2-10-8-9-6-4-3-5-7-9;1-5(2)3-4-6/h3-7H,2,8H2,1H3;5H,3-4,6H2,1-2H3. The maximum atomic E-state index is 5.23. The summed E-state index contributed by atoms with van der Waals surface area (Å²) in [6.07, 6.45) is 1.15. The first kappa shape index (κ1) is 15.1. The summed E-state index contributed by atoms with van der Waals surface area (Å²) in [4.78, 5) is 0. The summed E-state index contributed by atoms with van der Waals surface area (Å²) < 4.78 is 5.22.